The molecule has 46 heavy (non-hydrogen) atoms. The molecule has 2 aromatic rings. The van der Waals surface area contributed by atoms with E-state index >= 15 is 0 Å². The van der Waals surface area contributed by atoms with E-state index in [0.29, 0.717) is 12.8 Å². The van der Waals surface area contributed by atoms with E-state index < -0.39 is 47.8 Å². The summed E-state index contributed by atoms with van der Waals surface area (Å²) in [5.74, 6) is -8.48. The van der Waals surface area contributed by atoms with Gasteiger partial charge in [-0.25, -0.2) is 19.2 Å². The molecule has 0 unspecified atom stereocenters. The van der Waals surface area contributed by atoms with Crippen molar-refractivity contribution in [1.29, 1.82) is 0 Å². The lowest BCUT2D eigenvalue weighted by Crippen LogP contribution is -2.06. The Kier molecular flexibility index (Phi) is 25.9. The number of aromatic carboxylic acids is 4. The smallest absolute Gasteiger partial charge is 0.336 e. The number of carboxylic acids is 8. The molecular weight excluding hydrogens is 624 g/mol. The number of benzene rings is 2. The molecular formula is C28H34O18. The lowest BCUT2D eigenvalue weighted by Gasteiger charge is -1.98. The highest BCUT2D eigenvalue weighted by atomic mass is 16.4. The monoisotopic (exact) mass is 658 g/mol. The van der Waals surface area contributed by atoms with Crippen molar-refractivity contribution in [2.75, 3.05) is 13.2 Å². The molecule has 0 radical (unpaired) electrons. The normalized spacial score (nSPS) is 9.00. The van der Waals surface area contributed by atoms with Gasteiger partial charge in [-0.15, -0.1) is 0 Å². The third kappa shape index (κ3) is 27.0. The Bertz CT molecular complexity index is 1190. The van der Waals surface area contributed by atoms with E-state index in [1.807, 2.05) is 0 Å². The van der Waals surface area contributed by atoms with Crippen LogP contribution in [-0.2, 0) is 19.2 Å². The molecule has 10 N–H and O–H groups in total. The van der Waals surface area contributed by atoms with Crippen LogP contribution in [0.1, 0.15) is 80.0 Å². The van der Waals surface area contributed by atoms with Crippen LogP contribution in [0.15, 0.2) is 48.5 Å². The summed E-state index contributed by atoms with van der Waals surface area (Å²) in [6.07, 6.45) is 0.425. The van der Waals surface area contributed by atoms with Crippen molar-refractivity contribution in [2.45, 2.75) is 38.5 Å². The molecule has 0 amide bonds. The van der Waals surface area contributed by atoms with Gasteiger partial charge in [0, 0.05) is 12.8 Å². The standard InChI is InChI=1S/2C8H6O4.C6H10O4.C4H6O4.C2H6O2/c9-7(10)5-1-2-6(4-3-5)8(11)12;9-7(10)5-3-1-2-4-6(5)8(11)12;7-5(8)3-1-2-4-6(9)10;5-3(6)1-2-4(7)8;3-1-2-4/h2*1-4H,(H,9,10)(H,11,12);1-4H2,(H,7,8)(H,9,10);1-2H2,(H,5,6)(H,7,8);3-4H,1-2H2. The summed E-state index contributed by atoms with van der Waals surface area (Å²) in [5.41, 5.74) is -0.213. The molecule has 0 aromatic heterocycles. The molecule has 0 bridgehead atoms. The van der Waals surface area contributed by atoms with E-state index in [0.717, 1.165) is 0 Å². The van der Waals surface area contributed by atoms with E-state index in [9.17, 15) is 38.4 Å². The maximum atomic E-state index is 10.5. The number of rotatable bonds is 13. The first kappa shape index (κ1) is 44.6. The average Bonchev–Trinajstić information content (AvgIpc) is 2.99. The van der Waals surface area contributed by atoms with Crippen LogP contribution in [0.2, 0.25) is 0 Å². The number of carboxylic acid groups (broad SMARTS) is 8. The first-order valence-electron chi connectivity index (χ1n) is 12.6. The van der Waals surface area contributed by atoms with Crippen LogP contribution in [0.3, 0.4) is 0 Å². The molecule has 0 atom stereocenters. The van der Waals surface area contributed by atoms with E-state index in [1.165, 1.54) is 48.5 Å². The van der Waals surface area contributed by atoms with E-state index in [-0.39, 0.29) is 61.2 Å². The predicted molar refractivity (Wildman–Crippen MR) is 153 cm³/mol. The summed E-state index contributed by atoms with van der Waals surface area (Å²) < 4.78 is 0. The molecule has 0 fully saturated rings. The molecule has 2 rings (SSSR count). The van der Waals surface area contributed by atoms with E-state index in [4.69, 9.17) is 51.1 Å². The SMILES string of the molecule is O=C(O)CCC(=O)O.O=C(O)CCCCC(=O)O.O=C(O)c1ccc(C(=O)O)cc1.O=C(O)c1ccccc1C(=O)O.OCCO. The van der Waals surface area contributed by atoms with E-state index in [2.05, 4.69) is 0 Å². The van der Waals surface area contributed by atoms with Gasteiger partial charge < -0.3 is 51.1 Å². The Balaban J connectivity index is -0.000000521. The van der Waals surface area contributed by atoms with Crippen LogP contribution in [0.5, 0.6) is 0 Å². The van der Waals surface area contributed by atoms with Gasteiger partial charge >= 0.3 is 47.8 Å². The lowest BCUT2D eigenvalue weighted by molar-refractivity contribution is -0.143. The van der Waals surface area contributed by atoms with E-state index in [1.54, 1.807) is 0 Å². The summed E-state index contributed by atoms with van der Waals surface area (Å²) in [4.78, 5) is 80.7. The van der Waals surface area contributed by atoms with Crippen LogP contribution in [0.4, 0.5) is 0 Å². The Morgan fingerprint density at radius 3 is 0.826 bits per heavy atom. The average molecular weight is 659 g/mol. The van der Waals surface area contributed by atoms with Gasteiger partial charge in [0.2, 0.25) is 0 Å². The number of hydrogen-bond acceptors (Lipinski definition) is 10. The number of aliphatic hydroxyl groups is 2. The third-order valence-corrected chi connectivity index (χ3v) is 4.45. The van der Waals surface area contributed by atoms with Gasteiger partial charge in [0.05, 0.1) is 48.3 Å². The first-order valence-corrected chi connectivity index (χ1v) is 12.6. The van der Waals surface area contributed by atoms with Crippen molar-refractivity contribution in [3.05, 3.63) is 70.8 Å². The van der Waals surface area contributed by atoms with Gasteiger partial charge in [-0.1, -0.05) is 12.1 Å². The summed E-state index contributed by atoms with van der Waals surface area (Å²) in [5, 5.41) is 81.3. The molecule has 18 nitrogen and oxygen atoms in total. The van der Waals surface area contributed by atoms with Crippen molar-refractivity contribution < 1.29 is 89.4 Å². The van der Waals surface area contributed by atoms with Gasteiger partial charge in [-0.05, 0) is 49.2 Å². The molecule has 0 aliphatic carbocycles. The highest BCUT2D eigenvalue weighted by Crippen LogP contribution is 2.08. The highest BCUT2D eigenvalue weighted by molar-refractivity contribution is 6.01. The molecule has 0 spiro atoms. The highest BCUT2D eigenvalue weighted by Gasteiger charge is 2.13. The van der Waals surface area contributed by atoms with Crippen molar-refractivity contribution in [1.82, 2.24) is 0 Å². The quantitative estimate of drug-likeness (QED) is 0.137. The van der Waals surface area contributed by atoms with Gasteiger partial charge in [-0.3, -0.25) is 19.2 Å². The summed E-state index contributed by atoms with van der Waals surface area (Å²) >= 11 is 0. The zero-order valence-corrected chi connectivity index (χ0v) is 24.0. The molecule has 0 saturated heterocycles. The second kappa shape index (κ2) is 26.7. The number of carbonyl (C=O) groups is 8. The number of unbranched alkanes of at least 4 members (excludes halogenated alkanes) is 1. The number of aliphatic hydroxyl groups excluding tert-OH is 2. The zero-order valence-electron chi connectivity index (χ0n) is 24.0. The minimum absolute atomic E-state index is 0.0628. The van der Waals surface area contributed by atoms with Crippen LogP contribution < -0.4 is 0 Å². The van der Waals surface area contributed by atoms with Gasteiger partial charge in [0.1, 0.15) is 0 Å². The van der Waals surface area contributed by atoms with Crippen LogP contribution in [0.25, 0.3) is 0 Å². The molecule has 0 aliphatic heterocycles. The molecule has 0 saturated carbocycles. The molecule has 0 aliphatic rings. The Morgan fingerprint density at radius 1 is 0.391 bits per heavy atom. The topological polar surface area (TPSA) is 339 Å². The Morgan fingerprint density at radius 2 is 0.652 bits per heavy atom. The first-order chi connectivity index (χ1) is 21.4. The fourth-order valence-electron chi connectivity index (χ4n) is 2.38. The van der Waals surface area contributed by atoms with Crippen molar-refractivity contribution >= 4 is 47.8 Å². The molecule has 254 valence electrons. The maximum Gasteiger partial charge on any atom is 0.336 e. The second-order valence-electron chi connectivity index (χ2n) is 8.07. The van der Waals surface area contributed by atoms with Crippen molar-refractivity contribution in [3.8, 4) is 0 Å². The maximum absolute atomic E-state index is 10.5. The summed E-state index contributed by atoms with van der Waals surface area (Å²) in [6, 6.07) is 10.5. The van der Waals surface area contributed by atoms with Crippen LogP contribution >= 0.6 is 0 Å². The van der Waals surface area contributed by atoms with Gasteiger partial charge in [0.15, 0.2) is 0 Å². The Hall–Kier alpha value is -5.88. The summed E-state index contributed by atoms with van der Waals surface area (Å²) in [7, 11) is 0. The van der Waals surface area contributed by atoms with Crippen molar-refractivity contribution in [3.63, 3.8) is 0 Å². The van der Waals surface area contributed by atoms with Crippen molar-refractivity contribution in [2.24, 2.45) is 0 Å². The zero-order chi connectivity index (χ0) is 36.2. The van der Waals surface area contributed by atoms with Gasteiger partial charge in [-0.2, -0.15) is 0 Å². The fourth-order valence-corrected chi connectivity index (χ4v) is 2.38. The van der Waals surface area contributed by atoms with Gasteiger partial charge in [0.25, 0.3) is 0 Å². The predicted octanol–water partition coefficient (Wildman–Crippen LogP) is 1.79. The summed E-state index contributed by atoms with van der Waals surface area (Å²) in [6.45, 7) is -0.250. The minimum atomic E-state index is -1.23. The largest absolute Gasteiger partial charge is 0.481 e. The Labute approximate surface area is 260 Å². The number of hydrogen-bond donors (Lipinski definition) is 10. The second-order valence-corrected chi connectivity index (χ2v) is 8.07. The third-order valence-electron chi connectivity index (χ3n) is 4.45. The fraction of sp³-hybridized carbons (Fsp3) is 0.286. The molecule has 0 heterocycles. The molecule has 2 aromatic carbocycles. The van der Waals surface area contributed by atoms with Crippen LogP contribution in [0, 0.1) is 0 Å². The molecule has 18 heteroatoms. The van der Waals surface area contributed by atoms with Crippen LogP contribution in [-0.4, -0.2) is 112 Å². The lowest BCUT2D eigenvalue weighted by atomic mass is 10.1. The number of aliphatic carboxylic acids is 4. The minimum Gasteiger partial charge on any atom is -0.481 e.